The van der Waals surface area contributed by atoms with E-state index in [1.54, 1.807) is 0 Å². The lowest BCUT2D eigenvalue weighted by Gasteiger charge is -2.06. The molecule has 1 unspecified atom stereocenters. The van der Waals surface area contributed by atoms with Crippen molar-refractivity contribution in [3.8, 4) is 0 Å². The molecular formula is C10H15N3OS. The Bertz CT molecular complexity index is 344. The van der Waals surface area contributed by atoms with Crippen LogP contribution in [0.5, 0.6) is 0 Å². The number of hydrogen-bond donors (Lipinski definition) is 2. The third kappa shape index (κ3) is 3.00. The number of thiazole rings is 1. The van der Waals surface area contributed by atoms with Crippen LogP contribution in [0.4, 0.5) is 5.13 Å². The van der Waals surface area contributed by atoms with Gasteiger partial charge in [-0.3, -0.25) is 4.79 Å². The molecule has 0 saturated carbocycles. The maximum Gasteiger partial charge on any atom is 0.226 e. The van der Waals surface area contributed by atoms with Gasteiger partial charge in [-0.2, -0.15) is 0 Å². The van der Waals surface area contributed by atoms with Crippen molar-refractivity contribution in [1.82, 2.24) is 10.3 Å². The summed E-state index contributed by atoms with van der Waals surface area (Å²) in [5.74, 6) is 0.573. The second-order valence-electron chi connectivity index (χ2n) is 3.91. The topological polar surface area (TPSA) is 54.0 Å². The van der Waals surface area contributed by atoms with Crippen molar-refractivity contribution in [3.05, 3.63) is 11.1 Å². The van der Waals surface area contributed by atoms with Crippen LogP contribution < -0.4 is 10.6 Å². The van der Waals surface area contributed by atoms with Gasteiger partial charge >= 0.3 is 0 Å². The van der Waals surface area contributed by atoms with E-state index in [1.807, 2.05) is 12.3 Å². The minimum atomic E-state index is 0.0815. The first-order valence-corrected chi connectivity index (χ1v) is 6.04. The third-order valence-electron chi connectivity index (χ3n) is 2.50. The Balaban J connectivity index is 1.81. The van der Waals surface area contributed by atoms with Crippen molar-refractivity contribution in [3.63, 3.8) is 0 Å². The number of amides is 1. The number of rotatable bonds is 3. The van der Waals surface area contributed by atoms with Gasteiger partial charge < -0.3 is 10.6 Å². The van der Waals surface area contributed by atoms with E-state index < -0.39 is 0 Å². The number of anilines is 1. The van der Waals surface area contributed by atoms with Gasteiger partial charge in [0.2, 0.25) is 5.91 Å². The monoisotopic (exact) mass is 225 g/mol. The largest absolute Gasteiger partial charge is 0.316 e. The molecule has 1 fully saturated rings. The van der Waals surface area contributed by atoms with Crippen LogP contribution in [-0.2, 0) is 4.79 Å². The van der Waals surface area contributed by atoms with E-state index in [0.29, 0.717) is 17.5 Å². The molecule has 5 heteroatoms. The summed E-state index contributed by atoms with van der Waals surface area (Å²) >= 11 is 1.48. The summed E-state index contributed by atoms with van der Waals surface area (Å²) in [6.07, 6.45) is 1.70. The lowest BCUT2D eigenvalue weighted by atomic mass is 10.1. The van der Waals surface area contributed by atoms with E-state index in [2.05, 4.69) is 15.6 Å². The highest BCUT2D eigenvalue weighted by Crippen LogP contribution is 2.17. The number of nitrogens with zero attached hydrogens (tertiary/aromatic N) is 1. The molecular weight excluding hydrogens is 210 g/mol. The first-order chi connectivity index (χ1) is 7.24. The van der Waals surface area contributed by atoms with Crippen LogP contribution >= 0.6 is 11.3 Å². The van der Waals surface area contributed by atoms with E-state index in [4.69, 9.17) is 0 Å². The number of nitrogens with one attached hydrogen (secondary N) is 2. The molecule has 0 aliphatic carbocycles. The van der Waals surface area contributed by atoms with Crippen LogP contribution in [0.15, 0.2) is 5.38 Å². The summed E-state index contributed by atoms with van der Waals surface area (Å²) in [6, 6.07) is 0. The standard InChI is InChI=1S/C10H15N3OS/c1-7-6-15-10(12-7)13-9(14)4-8-2-3-11-5-8/h6,8,11H,2-5H2,1H3,(H,12,13,14). The molecule has 2 rings (SSSR count). The van der Waals surface area contributed by atoms with Crippen molar-refractivity contribution >= 4 is 22.4 Å². The summed E-state index contributed by atoms with van der Waals surface area (Å²) in [7, 11) is 0. The van der Waals surface area contributed by atoms with Crippen LogP contribution in [0.25, 0.3) is 0 Å². The van der Waals surface area contributed by atoms with E-state index in [0.717, 1.165) is 25.2 Å². The summed E-state index contributed by atoms with van der Waals surface area (Å²) in [6.45, 7) is 3.92. The van der Waals surface area contributed by atoms with Crippen molar-refractivity contribution in [2.45, 2.75) is 19.8 Å². The van der Waals surface area contributed by atoms with Gasteiger partial charge in [-0.25, -0.2) is 4.98 Å². The summed E-state index contributed by atoms with van der Waals surface area (Å²) in [4.78, 5) is 15.8. The molecule has 0 aromatic carbocycles. The highest BCUT2D eigenvalue weighted by atomic mass is 32.1. The smallest absolute Gasteiger partial charge is 0.226 e. The Labute approximate surface area is 93.1 Å². The van der Waals surface area contributed by atoms with Gasteiger partial charge in [-0.1, -0.05) is 0 Å². The zero-order chi connectivity index (χ0) is 10.7. The zero-order valence-electron chi connectivity index (χ0n) is 8.75. The number of aryl methyl sites for hydroxylation is 1. The summed E-state index contributed by atoms with van der Waals surface area (Å²) in [5, 5.41) is 8.73. The molecule has 1 atom stereocenters. The SMILES string of the molecule is Cc1csc(NC(=O)CC2CCNC2)n1. The normalized spacial score (nSPS) is 20.5. The van der Waals surface area contributed by atoms with Crippen molar-refractivity contribution in [2.24, 2.45) is 5.92 Å². The van der Waals surface area contributed by atoms with Gasteiger partial charge in [-0.05, 0) is 32.4 Å². The predicted octanol–water partition coefficient (Wildman–Crippen LogP) is 1.39. The molecule has 2 N–H and O–H groups in total. The molecule has 4 nitrogen and oxygen atoms in total. The lowest BCUT2D eigenvalue weighted by molar-refractivity contribution is -0.116. The first kappa shape index (κ1) is 10.6. The molecule has 0 spiro atoms. The van der Waals surface area contributed by atoms with E-state index in [1.165, 1.54) is 11.3 Å². The maximum atomic E-state index is 11.6. The fourth-order valence-electron chi connectivity index (χ4n) is 1.73. The van der Waals surface area contributed by atoms with Gasteiger partial charge in [0.15, 0.2) is 5.13 Å². The van der Waals surface area contributed by atoms with Gasteiger partial charge in [0, 0.05) is 11.8 Å². The summed E-state index contributed by atoms with van der Waals surface area (Å²) < 4.78 is 0. The van der Waals surface area contributed by atoms with Crippen LogP contribution in [0.2, 0.25) is 0 Å². The lowest BCUT2D eigenvalue weighted by Crippen LogP contribution is -2.18. The molecule has 82 valence electrons. The van der Waals surface area contributed by atoms with Crippen molar-refractivity contribution < 1.29 is 4.79 Å². The van der Waals surface area contributed by atoms with Gasteiger partial charge in [0.05, 0.1) is 5.69 Å². The highest BCUT2D eigenvalue weighted by molar-refractivity contribution is 7.13. The van der Waals surface area contributed by atoms with Crippen LogP contribution in [0, 0.1) is 12.8 Å². The molecule has 1 aliphatic heterocycles. The minimum absolute atomic E-state index is 0.0815. The van der Waals surface area contributed by atoms with Crippen LogP contribution in [-0.4, -0.2) is 24.0 Å². The maximum absolute atomic E-state index is 11.6. The van der Waals surface area contributed by atoms with Gasteiger partial charge in [0.1, 0.15) is 0 Å². The molecule has 2 heterocycles. The van der Waals surface area contributed by atoms with Crippen molar-refractivity contribution in [1.29, 1.82) is 0 Å². The fourth-order valence-corrected chi connectivity index (χ4v) is 2.44. The molecule has 15 heavy (non-hydrogen) atoms. The molecule has 1 amide bonds. The predicted molar refractivity (Wildman–Crippen MR) is 61.1 cm³/mol. The van der Waals surface area contributed by atoms with E-state index in [-0.39, 0.29) is 5.91 Å². The Morgan fingerprint density at radius 1 is 1.80 bits per heavy atom. The average Bonchev–Trinajstić information content (AvgIpc) is 2.77. The Kier molecular flexibility index (Phi) is 3.33. The molecule has 0 bridgehead atoms. The third-order valence-corrected chi connectivity index (χ3v) is 3.38. The molecule has 1 saturated heterocycles. The van der Waals surface area contributed by atoms with Crippen LogP contribution in [0.3, 0.4) is 0 Å². The molecule has 1 aromatic rings. The number of hydrogen-bond acceptors (Lipinski definition) is 4. The fraction of sp³-hybridized carbons (Fsp3) is 0.600. The second-order valence-corrected chi connectivity index (χ2v) is 4.76. The number of carbonyl (C=O) groups excluding carboxylic acids is 1. The van der Waals surface area contributed by atoms with E-state index in [9.17, 15) is 4.79 Å². The van der Waals surface area contributed by atoms with Gasteiger partial charge in [-0.15, -0.1) is 11.3 Å². The Morgan fingerprint density at radius 2 is 2.67 bits per heavy atom. The quantitative estimate of drug-likeness (QED) is 0.817. The number of aromatic nitrogens is 1. The van der Waals surface area contributed by atoms with E-state index >= 15 is 0 Å². The van der Waals surface area contributed by atoms with Gasteiger partial charge in [0.25, 0.3) is 0 Å². The number of carbonyl (C=O) groups is 1. The zero-order valence-corrected chi connectivity index (χ0v) is 9.56. The highest BCUT2D eigenvalue weighted by Gasteiger charge is 2.18. The van der Waals surface area contributed by atoms with Crippen molar-refractivity contribution in [2.75, 3.05) is 18.4 Å². The molecule has 0 radical (unpaired) electrons. The molecule has 1 aliphatic rings. The van der Waals surface area contributed by atoms with Crippen LogP contribution in [0.1, 0.15) is 18.5 Å². The minimum Gasteiger partial charge on any atom is -0.316 e. The molecule has 1 aromatic heterocycles. The summed E-state index contributed by atoms with van der Waals surface area (Å²) in [5.41, 5.74) is 0.956. The Hall–Kier alpha value is -0.940. The first-order valence-electron chi connectivity index (χ1n) is 5.17. The average molecular weight is 225 g/mol. The Morgan fingerprint density at radius 3 is 3.27 bits per heavy atom. The second kappa shape index (κ2) is 4.72.